The summed E-state index contributed by atoms with van der Waals surface area (Å²) in [6.45, 7) is 4.44. The molecule has 0 heterocycles. The molecule has 0 fully saturated rings. The molecule has 0 aromatic heterocycles. The molecule has 3 N–H and O–H groups in total. The average Bonchev–Trinajstić information content (AvgIpc) is 2.35. The van der Waals surface area contributed by atoms with E-state index in [1.54, 1.807) is 0 Å². The van der Waals surface area contributed by atoms with Crippen LogP contribution in [0.3, 0.4) is 0 Å². The predicted molar refractivity (Wildman–Crippen MR) is 64.1 cm³/mol. The monoisotopic (exact) mass is 222 g/mol. The second-order valence-corrected chi connectivity index (χ2v) is 3.76. The second-order valence-electron chi connectivity index (χ2n) is 3.76. The minimum Gasteiger partial charge on any atom is -0.486 e. The summed E-state index contributed by atoms with van der Waals surface area (Å²) in [4.78, 5) is 0. The number of oxime groups is 1. The maximum Gasteiger partial charge on any atom is 0.177 e. The van der Waals surface area contributed by atoms with Gasteiger partial charge in [-0.2, -0.15) is 0 Å². The summed E-state index contributed by atoms with van der Waals surface area (Å²) >= 11 is 0. The number of hydrogen-bond donors (Lipinski definition) is 2. The molecule has 1 unspecified atom stereocenters. The van der Waals surface area contributed by atoms with Gasteiger partial charge in [0.2, 0.25) is 0 Å². The Labute approximate surface area is 95.7 Å². The fourth-order valence-electron chi connectivity index (χ4n) is 1.31. The highest BCUT2D eigenvalue weighted by Crippen LogP contribution is 2.21. The lowest BCUT2D eigenvalue weighted by Crippen LogP contribution is -2.20. The fraction of sp³-hybridized carbons (Fsp3) is 0.417. The van der Waals surface area contributed by atoms with Gasteiger partial charge in [-0.15, -0.1) is 0 Å². The van der Waals surface area contributed by atoms with Gasteiger partial charge in [0.15, 0.2) is 5.84 Å². The van der Waals surface area contributed by atoms with E-state index in [9.17, 15) is 0 Å². The molecule has 0 saturated carbocycles. The van der Waals surface area contributed by atoms with Gasteiger partial charge < -0.3 is 15.7 Å². The molecule has 0 spiro atoms. The molecule has 88 valence electrons. The Balaban J connectivity index is 2.58. The maximum absolute atomic E-state index is 8.34. The number of nitrogens with two attached hydrogens (primary N) is 1. The van der Waals surface area contributed by atoms with E-state index in [1.807, 2.05) is 24.3 Å². The lowest BCUT2D eigenvalue weighted by Gasteiger charge is -2.10. The van der Waals surface area contributed by atoms with Crippen LogP contribution < -0.4 is 10.5 Å². The van der Waals surface area contributed by atoms with E-state index in [-0.39, 0.29) is 12.4 Å². The van der Waals surface area contributed by atoms with Crippen molar-refractivity contribution in [3.8, 4) is 5.75 Å². The first-order valence-corrected chi connectivity index (χ1v) is 5.36. The largest absolute Gasteiger partial charge is 0.486 e. The van der Waals surface area contributed by atoms with Crippen molar-refractivity contribution in [2.45, 2.75) is 26.2 Å². The lowest BCUT2D eigenvalue weighted by atomic mass is 9.99. The van der Waals surface area contributed by atoms with Crippen LogP contribution in [0.25, 0.3) is 0 Å². The highest BCUT2D eigenvalue weighted by molar-refractivity contribution is 5.81. The zero-order chi connectivity index (χ0) is 12.0. The smallest absolute Gasteiger partial charge is 0.177 e. The van der Waals surface area contributed by atoms with Crippen LogP contribution in [0.1, 0.15) is 31.7 Å². The zero-order valence-corrected chi connectivity index (χ0v) is 9.68. The van der Waals surface area contributed by atoms with E-state index in [0.29, 0.717) is 5.92 Å². The molecule has 0 radical (unpaired) electrons. The highest BCUT2D eigenvalue weighted by Gasteiger charge is 2.03. The first-order chi connectivity index (χ1) is 7.67. The summed E-state index contributed by atoms with van der Waals surface area (Å²) in [5.74, 6) is 1.34. The summed E-state index contributed by atoms with van der Waals surface area (Å²) in [6, 6.07) is 7.86. The van der Waals surface area contributed by atoms with E-state index in [0.717, 1.165) is 12.2 Å². The Morgan fingerprint density at radius 3 is 2.56 bits per heavy atom. The number of rotatable bonds is 5. The molecule has 0 saturated heterocycles. The van der Waals surface area contributed by atoms with E-state index in [1.165, 1.54) is 5.56 Å². The highest BCUT2D eigenvalue weighted by atomic mass is 16.5. The number of benzene rings is 1. The van der Waals surface area contributed by atoms with Crippen molar-refractivity contribution in [2.24, 2.45) is 10.9 Å². The third kappa shape index (κ3) is 3.46. The Bertz CT molecular complexity index is 347. The van der Waals surface area contributed by atoms with Crippen molar-refractivity contribution < 1.29 is 9.94 Å². The van der Waals surface area contributed by atoms with Crippen molar-refractivity contribution in [3.63, 3.8) is 0 Å². The van der Waals surface area contributed by atoms with Gasteiger partial charge in [-0.1, -0.05) is 31.1 Å². The van der Waals surface area contributed by atoms with Gasteiger partial charge in [-0.3, -0.25) is 0 Å². The van der Waals surface area contributed by atoms with Crippen molar-refractivity contribution in [3.05, 3.63) is 29.8 Å². The topological polar surface area (TPSA) is 67.8 Å². The first-order valence-electron chi connectivity index (χ1n) is 5.36. The van der Waals surface area contributed by atoms with Crippen LogP contribution >= 0.6 is 0 Å². The summed E-state index contributed by atoms with van der Waals surface area (Å²) in [7, 11) is 0. The quantitative estimate of drug-likeness (QED) is 0.348. The molecule has 1 atom stereocenters. The van der Waals surface area contributed by atoms with E-state index in [4.69, 9.17) is 15.7 Å². The van der Waals surface area contributed by atoms with Crippen LogP contribution in [0.15, 0.2) is 29.4 Å². The minimum atomic E-state index is 0.0611. The third-order valence-corrected chi connectivity index (χ3v) is 2.58. The first kappa shape index (κ1) is 12.4. The van der Waals surface area contributed by atoms with Crippen LogP contribution in [-0.4, -0.2) is 17.6 Å². The third-order valence-electron chi connectivity index (χ3n) is 2.58. The van der Waals surface area contributed by atoms with Gasteiger partial charge in [-0.05, 0) is 30.0 Å². The SMILES string of the molecule is CCC(C)c1ccc(OC/C(N)=N/O)cc1. The normalized spacial score (nSPS) is 13.5. The summed E-state index contributed by atoms with van der Waals surface area (Å²) in [5, 5.41) is 11.2. The number of ether oxygens (including phenoxy) is 1. The Kier molecular flexibility index (Phi) is 4.64. The van der Waals surface area contributed by atoms with E-state index < -0.39 is 0 Å². The van der Waals surface area contributed by atoms with Gasteiger partial charge in [0.25, 0.3) is 0 Å². The molecular weight excluding hydrogens is 204 g/mol. The van der Waals surface area contributed by atoms with Gasteiger partial charge in [0.05, 0.1) is 0 Å². The molecular formula is C12H18N2O2. The molecule has 16 heavy (non-hydrogen) atoms. The van der Waals surface area contributed by atoms with Crippen molar-refractivity contribution in [1.29, 1.82) is 0 Å². The van der Waals surface area contributed by atoms with Gasteiger partial charge in [-0.25, -0.2) is 0 Å². The average molecular weight is 222 g/mol. The maximum atomic E-state index is 8.34. The van der Waals surface area contributed by atoms with E-state index in [2.05, 4.69) is 19.0 Å². The lowest BCUT2D eigenvalue weighted by molar-refractivity contribution is 0.306. The molecule has 1 aromatic carbocycles. The predicted octanol–water partition coefficient (Wildman–Crippen LogP) is 2.33. The van der Waals surface area contributed by atoms with Crippen LogP contribution in [0.4, 0.5) is 0 Å². The van der Waals surface area contributed by atoms with Gasteiger partial charge in [0, 0.05) is 0 Å². The molecule has 4 nitrogen and oxygen atoms in total. The summed E-state index contributed by atoms with van der Waals surface area (Å²) in [6.07, 6.45) is 1.12. The Morgan fingerprint density at radius 1 is 1.44 bits per heavy atom. The van der Waals surface area contributed by atoms with Gasteiger partial charge >= 0.3 is 0 Å². The summed E-state index contributed by atoms with van der Waals surface area (Å²) < 4.78 is 5.31. The number of nitrogens with zero attached hydrogens (tertiary/aromatic N) is 1. The molecule has 0 bridgehead atoms. The van der Waals surface area contributed by atoms with Crippen molar-refractivity contribution >= 4 is 5.84 Å². The van der Waals surface area contributed by atoms with Crippen LogP contribution in [-0.2, 0) is 0 Å². The Morgan fingerprint density at radius 2 is 2.06 bits per heavy atom. The minimum absolute atomic E-state index is 0.0611. The molecule has 4 heteroatoms. The van der Waals surface area contributed by atoms with E-state index >= 15 is 0 Å². The molecule has 0 aliphatic heterocycles. The molecule has 0 aliphatic rings. The molecule has 0 amide bonds. The van der Waals surface area contributed by atoms with Crippen molar-refractivity contribution in [2.75, 3.05) is 6.61 Å². The fourth-order valence-corrected chi connectivity index (χ4v) is 1.31. The second kappa shape index (κ2) is 6.00. The molecule has 1 aromatic rings. The van der Waals surface area contributed by atoms with Crippen molar-refractivity contribution in [1.82, 2.24) is 0 Å². The standard InChI is InChI=1S/C12H18N2O2/c1-3-9(2)10-4-6-11(7-5-10)16-8-12(13)14-15/h4-7,9,15H,3,8H2,1-2H3,(H2,13,14). The molecule has 1 rings (SSSR count). The van der Waals surface area contributed by atoms with Crippen LogP contribution in [0.5, 0.6) is 5.75 Å². The van der Waals surface area contributed by atoms with Crippen LogP contribution in [0.2, 0.25) is 0 Å². The summed E-state index contributed by atoms with van der Waals surface area (Å²) in [5.41, 5.74) is 6.59. The zero-order valence-electron chi connectivity index (χ0n) is 9.68. The number of hydrogen-bond acceptors (Lipinski definition) is 3. The number of amidine groups is 1. The van der Waals surface area contributed by atoms with Crippen LogP contribution in [0, 0.1) is 0 Å². The van der Waals surface area contributed by atoms with Gasteiger partial charge in [0.1, 0.15) is 12.4 Å². The Hall–Kier alpha value is -1.71. The molecule has 0 aliphatic carbocycles.